The van der Waals surface area contributed by atoms with Gasteiger partial charge in [0.1, 0.15) is 0 Å². The Morgan fingerprint density at radius 1 is 1.47 bits per heavy atom. The lowest BCUT2D eigenvalue weighted by Crippen LogP contribution is -2.45. The van der Waals surface area contributed by atoms with Crippen molar-refractivity contribution in [3.05, 3.63) is 22.4 Å². The van der Waals surface area contributed by atoms with Gasteiger partial charge in [-0.3, -0.25) is 0 Å². The largest absolute Gasteiger partial charge is 0.309 e. The Bertz CT molecular complexity index is 435. The van der Waals surface area contributed by atoms with E-state index in [2.05, 4.69) is 12.2 Å². The quantitative estimate of drug-likeness (QED) is 0.868. The molecule has 0 aliphatic rings. The zero-order chi connectivity index (χ0) is 13.1. The summed E-state index contributed by atoms with van der Waals surface area (Å²) in [6.07, 6.45) is 2.29. The molecule has 5 heteroatoms. The molecule has 0 aliphatic carbocycles. The zero-order valence-electron chi connectivity index (χ0n) is 10.9. The first-order chi connectivity index (χ1) is 7.80. The smallest absolute Gasteiger partial charge is 0.154 e. The molecule has 0 radical (unpaired) electrons. The lowest BCUT2D eigenvalue weighted by Gasteiger charge is -2.33. The lowest BCUT2D eigenvalue weighted by molar-refractivity contribution is 0.421. The SMILES string of the molecule is CCCNC(c1ccsc1)C(C)(C)S(C)(=O)=O. The Hall–Kier alpha value is -0.390. The molecule has 1 aromatic rings. The van der Waals surface area contributed by atoms with Crippen LogP contribution in [0.4, 0.5) is 0 Å². The van der Waals surface area contributed by atoms with Crippen LogP contribution >= 0.6 is 11.3 Å². The highest BCUT2D eigenvalue weighted by Crippen LogP contribution is 2.33. The van der Waals surface area contributed by atoms with Crippen molar-refractivity contribution in [2.75, 3.05) is 12.8 Å². The summed E-state index contributed by atoms with van der Waals surface area (Å²) in [6, 6.07) is 1.84. The second kappa shape index (κ2) is 5.50. The van der Waals surface area contributed by atoms with E-state index in [9.17, 15) is 8.42 Å². The first kappa shape index (κ1) is 14.7. The van der Waals surface area contributed by atoms with Gasteiger partial charge < -0.3 is 5.32 Å². The molecular weight excluding hydrogens is 254 g/mol. The molecule has 3 nitrogen and oxygen atoms in total. The second-order valence-corrected chi connectivity index (χ2v) is 8.20. The van der Waals surface area contributed by atoms with E-state index in [0.717, 1.165) is 18.5 Å². The number of rotatable bonds is 6. The van der Waals surface area contributed by atoms with E-state index in [-0.39, 0.29) is 6.04 Å². The molecule has 0 saturated heterocycles. The monoisotopic (exact) mass is 275 g/mol. The van der Waals surface area contributed by atoms with Crippen molar-refractivity contribution in [1.29, 1.82) is 0 Å². The van der Waals surface area contributed by atoms with E-state index in [1.165, 1.54) is 6.26 Å². The van der Waals surface area contributed by atoms with Gasteiger partial charge in [-0.1, -0.05) is 6.92 Å². The molecule has 0 aliphatic heterocycles. The summed E-state index contributed by atoms with van der Waals surface area (Å²) in [5.74, 6) is 0. The molecule has 98 valence electrons. The summed E-state index contributed by atoms with van der Waals surface area (Å²) in [6.45, 7) is 6.46. The molecular formula is C12H21NO2S2. The minimum Gasteiger partial charge on any atom is -0.309 e. The average Bonchev–Trinajstić information content (AvgIpc) is 2.69. The molecule has 1 unspecified atom stereocenters. The van der Waals surface area contributed by atoms with E-state index in [4.69, 9.17) is 0 Å². The van der Waals surface area contributed by atoms with E-state index in [1.807, 2.05) is 16.8 Å². The molecule has 0 bridgehead atoms. The molecule has 0 amide bonds. The predicted octanol–water partition coefficient (Wildman–Crippen LogP) is 2.61. The summed E-state index contributed by atoms with van der Waals surface area (Å²) in [5, 5.41) is 7.34. The summed E-state index contributed by atoms with van der Waals surface area (Å²) in [7, 11) is -3.12. The maximum atomic E-state index is 11.9. The topological polar surface area (TPSA) is 46.2 Å². The van der Waals surface area contributed by atoms with Crippen LogP contribution in [0.5, 0.6) is 0 Å². The van der Waals surface area contributed by atoms with Crippen LogP contribution in [0.2, 0.25) is 0 Å². The summed E-state index contributed by atoms with van der Waals surface area (Å²) in [5.41, 5.74) is 1.05. The van der Waals surface area contributed by atoms with E-state index < -0.39 is 14.6 Å². The van der Waals surface area contributed by atoms with Gasteiger partial charge in [0.05, 0.1) is 10.8 Å². The van der Waals surface area contributed by atoms with Crippen LogP contribution in [0.25, 0.3) is 0 Å². The highest BCUT2D eigenvalue weighted by atomic mass is 32.2. The number of hydrogen-bond acceptors (Lipinski definition) is 4. The molecule has 1 rings (SSSR count). The van der Waals surface area contributed by atoms with Gasteiger partial charge in [-0.15, -0.1) is 0 Å². The third-order valence-corrected chi connectivity index (χ3v) is 5.97. The van der Waals surface area contributed by atoms with Crippen molar-refractivity contribution in [1.82, 2.24) is 5.32 Å². The molecule has 1 atom stereocenters. The van der Waals surface area contributed by atoms with Crippen molar-refractivity contribution in [3.8, 4) is 0 Å². The number of thiophene rings is 1. The molecule has 0 spiro atoms. The Labute approximate surface area is 108 Å². The van der Waals surface area contributed by atoms with Crippen molar-refractivity contribution in [2.45, 2.75) is 38.0 Å². The molecule has 0 aromatic carbocycles. The number of sulfone groups is 1. The Morgan fingerprint density at radius 3 is 2.53 bits per heavy atom. The minimum atomic E-state index is -3.12. The molecule has 1 heterocycles. The fourth-order valence-corrected chi connectivity index (χ4v) is 3.04. The van der Waals surface area contributed by atoms with Crippen LogP contribution in [0, 0.1) is 0 Å². The zero-order valence-corrected chi connectivity index (χ0v) is 12.5. The van der Waals surface area contributed by atoms with Crippen LogP contribution in [-0.2, 0) is 9.84 Å². The maximum absolute atomic E-state index is 11.9. The molecule has 0 saturated carbocycles. The number of hydrogen-bond donors (Lipinski definition) is 1. The third kappa shape index (κ3) is 3.30. The fraction of sp³-hybridized carbons (Fsp3) is 0.667. The van der Waals surface area contributed by atoms with Gasteiger partial charge in [0.15, 0.2) is 9.84 Å². The van der Waals surface area contributed by atoms with Crippen LogP contribution in [0.15, 0.2) is 16.8 Å². The summed E-state index contributed by atoms with van der Waals surface area (Å²) >= 11 is 1.59. The van der Waals surface area contributed by atoms with E-state index in [1.54, 1.807) is 25.2 Å². The third-order valence-electron chi connectivity index (χ3n) is 3.13. The van der Waals surface area contributed by atoms with Gasteiger partial charge in [-0.05, 0) is 49.2 Å². The van der Waals surface area contributed by atoms with E-state index in [0.29, 0.717) is 0 Å². The highest BCUT2D eigenvalue weighted by Gasteiger charge is 2.39. The second-order valence-electron chi connectivity index (χ2n) is 4.82. The highest BCUT2D eigenvalue weighted by molar-refractivity contribution is 7.92. The van der Waals surface area contributed by atoms with Crippen LogP contribution in [-0.4, -0.2) is 26.0 Å². The number of nitrogens with one attached hydrogen (secondary N) is 1. The van der Waals surface area contributed by atoms with Crippen molar-refractivity contribution in [3.63, 3.8) is 0 Å². The van der Waals surface area contributed by atoms with Gasteiger partial charge in [-0.2, -0.15) is 11.3 Å². The molecule has 17 heavy (non-hydrogen) atoms. The average molecular weight is 275 g/mol. The fourth-order valence-electron chi connectivity index (χ4n) is 1.71. The minimum absolute atomic E-state index is 0.149. The van der Waals surface area contributed by atoms with E-state index >= 15 is 0 Å². The molecule has 1 N–H and O–H groups in total. The van der Waals surface area contributed by atoms with Crippen LogP contribution in [0.1, 0.15) is 38.8 Å². The molecule has 0 fully saturated rings. The standard InChI is InChI=1S/C12H21NO2S2/c1-5-7-13-11(10-6-8-16-9-10)12(2,3)17(4,14)15/h6,8-9,11,13H,5,7H2,1-4H3. The Balaban J connectivity index is 3.07. The predicted molar refractivity (Wildman–Crippen MR) is 74.3 cm³/mol. The van der Waals surface area contributed by atoms with Crippen LogP contribution in [0.3, 0.4) is 0 Å². The van der Waals surface area contributed by atoms with Gasteiger partial charge >= 0.3 is 0 Å². The van der Waals surface area contributed by atoms with Gasteiger partial charge in [0.2, 0.25) is 0 Å². The van der Waals surface area contributed by atoms with Gasteiger partial charge in [-0.25, -0.2) is 8.42 Å². The summed E-state index contributed by atoms with van der Waals surface area (Å²) in [4.78, 5) is 0. The normalized spacial score (nSPS) is 14.8. The van der Waals surface area contributed by atoms with Gasteiger partial charge in [0.25, 0.3) is 0 Å². The summed E-state index contributed by atoms with van der Waals surface area (Å²) < 4.78 is 23.0. The van der Waals surface area contributed by atoms with Gasteiger partial charge in [0, 0.05) is 6.26 Å². The van der Waals surface area contributed by atoms with Crippen molar-refractivity contribution >= 4 is 21.2 Å². The lowest BCUT2D eigenvalue weighted by atomic mass is 9.97. The first-order valence-corrected chi connectivity index (χ1v) is 8.59. The first-order valence-electron chi connectivity index (χ1n) is 5.75. The molecule has 1 aromatic heterocycles. The maximum Gasteiger partial charge on any atom is 0.154 e. The Kier molecular flexibility index (Phi) is 4.75. The van der Waals surface area contributed by atoms with Crippen molar-refractivity contribution < 1.29 is 8.42 Å². The Morgan fingerprint density at radius 2 is 2.12 bits per heavy atom. The van der Waals surface area contributed by atoms with Crippen molar-refractivity contribution in [2.24, 2.45) is 0 Å². The van der Waals surface area contributed by atoms with Crippen LogP contribution < -0.4 is 5.32 Å².